The molecule has 0 bridgehead atoms. The molecular weight excluding hydrogens is 300 g/mol. The molecule has 124 valence electrons. The van der Waals surface area contributed by atoms with Crippen LogP contribution in [0.2, 0.25) is 0 Å². The Morgan fingerprint density at radius 1 is 1.00 bits per heavy atom. The van der Waals surface area contributed by atoms with E-state index in [1.807, 2.05) is 11.3 Å². The molecule has 0 saturated heterocycles. The minimum Gasteiger partial charge on any atom is -0.238 e. The summed E-state index contributed by atoms with van der Waals surface area (Å²) < 4.78 is 0. The van der Waals surface area contributed by atoms with E-state index in [0.29, 0.717) is 0 Å². The first-order valence-electron chi connectivity index (χ1n) is 9.56. The quantitative estimate of drug-likeness (QED) is 0.670. The summed E-state index contributed by atoms with van der Waals surface area (Å²) in [6.07, 6.45) is 15.2. The molecule has 0 spiro atoms. The van der Waals surface area contributed by atoms with Gasteiger partial charge in [-0.2, -0.15) is 0 Å². The van der Waals surface area contributed by atoms with Crippen molar-refractivity contribution < 1.29 is 0 Å². The van der Waals surface area contributed by atoms with Crippen molar-refractivity contribution in [3.05, 3.63) is 22.5 Å². The third-order valence-corrected chi connectivity index (χ3v) is 7.07. The molecule has 0 atom stereocenters. The molecule has 4 rings (SSSR count). The molecule has 0 radical (unpaired) electrons. The first-order chi connectivity index (χ1) is 11.3. The Labute approximate surface area is 143 Å². The van der Waals surface area contributed by atoms with E-state index in [4.69, 9.17) is 9.97 Å². The van der Waals surface area contributed by atoms with Gasteiger partial charge < -0.3 is 0 Å². The highest BCUT2D eigenvalue weighted by atomic mass is 32.1. The summed E-state index contributed by atoms with van der Waals surface area (Å²) in [5.41, 5.74) is 1.32. The first-order valence-corrected chi connectivity index (χ1v) is 10.4. The molecule has 2 heterocycles. The van der Waals surface area contributed by atoms with Crippen LogP contribution >= 0.6 is 11.3 Å². The van der Waals surface area contributed by atoms with Crippen molar-refractivity contribution in [1.82, 2.24) is 9.97 Å². The Balaban J connectivity index is 1.59. The monoisotopic (exact) mass is 328 g/mol. The van der Waals surface area contributed by atoms with Gasteiger partial charge in [0.15, 0.2) is 0 Å². The Morgan fingerprint density at radius 2 is 1.74 bits per heavy atom. The molecule has 0 N–H and O–H groups in total. The van der Waals surface area contributed by atoms with E-state index in [2.05, 4.69) is 13.0 Å². The van der Waals surface area contributed by atoms with Gasteiger partial charge in [0.25, 0.3) is 0 Å². The van der Waals surface area contributed by atoms with Crippen molar-refractivity contribution in [3.63, 3.8) is 0 Å². The van der Waals surface area contributed by atoms with E-state index in [1.165, 1.54) is 80.1 Å². The van der Waals surface area contributed by atoms with Gasteiger partial charge in [0.05, 0.1) is 5.69 Å². The van der Waals surface area contributed by atoms with E-state index < -0.39 is 0 Å². The van der Waals surface area contributed by atoms with Crippen LogP contribution in [0.4, 0.5) is 0 Å². The molecule has 0 unspecified atom stereocenters. The van der Waals surface area contributed by atoms with Crippen LogP contribution in [-0.4, -0.2) is 9.97 Å². The minimum atomic E-state index is 0.783. The number of aromatic nitrogens is 2. The molecule has 2 aromatic rings. The molecule has 2 nitrogen and oxygen atoms in total. The fraction of sp³-hybridized carbons (Fsp3) is 0.700. The highest BCUT2D eigenvalue weighted by Gasteiger charge is 2.21. The molecule has 3 heteroatoms. The van der Waals surface area contributed by atoms with Crippen LogP contribution in [-0.2, 0) is 6.42 Å². The zero-order valence-corrected chi connectivity index (χ0v) is 15.1. The van der Waals surface area contributed by atoms with Crippen molar-refractivity contribution in [2.75, 3.05) is 0 Å². The molecule has 2 aromatic heterocycles. The fourth-order valence-electron chi connectivity index (χ4n) is 4.54. The van der Waals surface area contributed by atoms with Gasteiger partial charge >= 0.3 is 0 Å². The average molecular weight is 329 g/mol. The zero-order chi connectivity index (χ0) is 15.6. The number of fused-ring (bicyclic) bond motifs is 1. The molecule has 2 aliphatic rings. The van der Waals surface area contributed by atoms with E-state index in [-0.39, 0.29) is 0 Å². The lowest BCUT2D eigenvalue weighted by Gasteiger charge is -2.19. The first kappa shape index (κ1) is 15.6. The van der Waals surface area contributed by atoms with Crippen molar-refractivity contribution in [3.8, 4) is 0 Å². The Bertz CT molecular complexity index is 664. The lowest BCUT2D eigenvalue weighted by atomic mass is 9.88. The van der Waals surface area contributed by atoms with Gasteiger partial charge in [0.1, 0.15) is 10.7 Å². The molecule has 2 saturated carbocycles. The maximum Gasteiger partial charge on any atom is 0.127 e. The number of aryl methyl sites for hydroxylation is 2. The van der Waals surface area contributed by atoms with Crippen LogP contribution in [0, 0.1) is 12.8 Å². The van der Waals surface area contributed by atoms with Crippen molar-refractivity contribution in [2.45, 2.75) is 83.5 Å². The molecular formula is C20H28N2S. The molecule has 23 heavy (non-hydrogen) atoms. The van der Waals surface area contributed by atoms with Crippen LogP contribution in [0.5, 0.6) is 0 Å². The summed E-state index contributed by atoms with van der Waals surface area (Å²) in [7, 11) is 0. The number of nitrogens with zero attached hydrogens (tertiary/aromatic N) is 2. The van der Waals surface area contributed by atoms with Crippen molar-refractivity contribution in [2.24, 2.45) is 5.92 Å². The van der Waals surface area contributed by atoms with Crippen molar-refractivity contribution >= 4 is 21.6 Å². The van der Waals surface area contributed by atoms with Crippen molar-refractivity contribution in [1.29, 1.82) is 0 Å². The Kier molecular flexibility index (Phi) is 4.66. The molecule has 0 amide bonds. The maximum atomic E-state index is 4.82. The number of thiophene rings is 1. The lowest BCUT2D eigenvalue weighted by molar-refractivity contribution is 0.448. The highest BCUT2D eigenvalue weighted by molar-refractivity contribution is 7.18. The summed E-state index contributed by atoms with van der Waals surface area (Å²) in [6, 6.07) is 2.44. The third kappa shape index (κ3) is 3.45. The summed E-state index contributed by atoms with van der Waals surface area (Å²) >= 11 is 1.94. The number of rotatable bonds is 4. The van der Waals surface area contributed by atoms with Gasteiger partial charge in [-0.25, -0.2) is 9.97 Å². The second-order valence-electron chi connectivity index (χ2n) is 7.61. The summed E-state index contributed by atoms with van der Waals surface area (Å²) in [5, 5.41) is 1.36. The fourth-order valence-corrected chi connectivity index (χ4v) is 5.80. The molecule has 2 aliphatic carbocycles. The third-order valence-electron chi connectivity index (χ3n) is 5.87. The SMILES string of the molecule is Cc1nc(CCC2CCCC2)c2cc(C3CCCCC3)sc2n1. The van der Waals surface area contributed by atoms with Gasteiger partial charge in [-0.1, -0.05) is 44.9 Å². The molecule has 2 fully saturated rings. The maximum absolute atomic E-state index is 4.82. The lowest BCUT2D eigenvalue weighted by Crippen LogP contribution is -2.02. The molecule has 0 aliphatic heterocycles. The van der Waals surface area contributed by atoms with Crippen LogP contribution in [0.15, 0.2) is 6.07 Å². The second kappa shape index (κ2) is 6.88. The molecule has 0 aromatic carbocycles. The highest BCUT2D eigenvalue weighted by Crippen LogP contribution is 2.39. The van der Waals surface area contributed by atoms with Gasteiger partial charge in [-0.3, -0.25) is 0 Å². The Morgan fingerprint density at radius 3 is 2.52 bits per heavy atom. The van der Waals surface area contributed by atoms with Gasteiger partial charge in [-0.05, 0) is 50.5 Å². The number of hydrogen-bond donors (Lipinski definition) is 0. The second-order valence-corrected chi connectivity index (χ2v) is 8.67. The van der Waals surface area contributed by atoms with Gasteiger partial charge in [-0.15, -0.1) is 11.3 Å². The number of hydrogen-bond acceptors (Lipinski definition) is 3. The van der Waals surface area contributed by atoms with E-state index in [0.717, 1.165) is 24.1 Å². The summed E-state index contributed by atoms with van der Waals surface area (Å²) in [6.45, 7) is 2.05. The standard InChI is InChI=1S/C20H28N2S/c1-14-21-18(12-11-15-7-5-6-8-15)17-13-19(23-20(17)22-14)16-9-3-2-4-10-16/h13,15-16H,2-12H2,1H3. The predicted octanol–water partition coefficient (Wildman–Crippen LogP) is 6.17. The normalized spacial score (nSPS) is 20.6. The van der Waals surface area contributed by atoms with Gasteiger partial charge in [0, 0.05) is 10.3 Å². The van der Waals surface area contributed by atoms with Crippen LogP contribution in [0.1, 0.15) is 86.5 Å². The topological polar surface area (TPSA) is 25.8 Å². The largest absolute Gasteiger partial charge is 0.238 e. The van der Waals surface area contributed by atoms with Crippen LogP contribution < -0.4 is 0 Å². The predicted molar refractivity (Wildman–Crippen MR) is 98.3 cm³/mol. The average Bonchev–Trinajstić information content (AvgIpc) is 3.22. The summed E-state index contributed by atoms with van der Waals surface area (Å²) in [4.78, 5) is 12.4. The smallest absolute Gasteiger partial charge is 0.127 e. The van der Waals surface area contributed by atoms with E-state index in [9.17, 15) is 0 Å². The Hall–Kier alpha value is -0.960. The van der Waals surface area contributed by atoms with Gasteiger partial charge in [0.2, 0.25) is 0 Å². The van der Waals surface area contributed by atoms with Crippen LogP contribution in [0.3, 0.4) is 0 Å². The van der Waals surface area contributed by atoms with E-state index in [1.54, 1.807) is 4.88 Å². The van der Waals surface area contributed by atoms with Crippen LogP contribution in [0.25, 0.3) is 10.2 Å². The van der Waals surface area contributed by atoms with E-state index >= 15 is 0 Å². The minimum absolute atomic E-state index is 0.783. The summed E-state index contributed by atoms with van der Waals surface area (Å²) in [5.74, 6) is 2.68. The zero-order valence-electron chi connectivity index (χ0n) is 14.3.